The fraction of sp³-hybridized carbons (Fsp3) is 0.200. The number of amides is 1. The Morgan fingerprint density at radius 2 is 1.50 bits per heavy atom. The van der Waals surface area contributed by atoms with Gasteiger partial charge in [0.05, 0.1) is 31.2 Å². The van der Waals surface area contributed by atoms with E-state index in [-0.39, 0.29) is 36.1 Å². The number of hydrogen-bond acceptors (Lipinski definition) is 4. The number of nitrogens with zero attached hydrogens (tertiary/aromatic N) is 1. The maximum atomic E-state index is 13.4. The first-order valence-electron chi connectivity index (χ1n) is 10.1. The van der Waals surface area contributed by atoms with E-state index in [0.29, 0.717) is 23.4 Å². The number of hydrogen-bond donors (Lipinski definition) is 0. The lowest BCUT2D eigenvalue weighted by Crippen LogP contribution is -2.55. The zero-order valence-corrected chi connectivity index (χ0v) is 17.3. The van der Waals surface area contributed by atoms with Crippen LogP contribution in [0.15, 0.2) is 72.8 Å². The van der Waals surface area contributed by atoms with Gasteiger partial charge >= 0.3 is 5.97 Å². The van der Waals surface area contributed by atoms with Gasteiger partial charge in [0, 0.05) is 5.69 Å². The van der Waals surface area contributed by atoms with Gasteiger partial charge < -0.3 is 14.4 Å². The first-order valence-corrected chi connectivity index (χ1v) is 10.1. The van der Waals surface area contributed by atoms with Gasteiger partial charge in [-0.3, -0.25) is 4.79 Å². The van der Waals surface area contributed by atoms with Crippen LogP contribution in [0.5, 0.6) is 5.75 Å². The number of rotatable bonds is 7. The monoisotopic (exact) mass is 437 g/mol. The summed E-state index contributed by atoms with van der Waals surface area (Å²) in [5.41, 5.74) is 1.84. The van der Waals surface area contributed by atoms with E-state index in [4.69, 9.17) is 9.47 Å². The molecule has 0 aromatic heterocycles. The van der Waals surface area contributed by atoms with Crippen molar-refractivity contribution < 1.29 is 27.8 Å². The van der Waals surface area contributed by atoms with Crippen molar-refractivity contribution >= 4 is 17.6 Å². The Labute approximate surface area is 184 Å². The van der Waals surface area contributed by atoms with Crippen molar-refractivity contribution in [2.45, 2.75) is 12.5 Å². The molecule has 3 aromatic carbocycles. The molecule has 1 aliphatic heterocycles. The molecule has 1 saturated heterocycles. The summed E-state index contributed by atoms with van der Waals surface area (Å²) in [6, 6.07) is 18.0. The number of carbonyl (C=O) groups excluding carboxylic acids is 2. The maximum Gasteiger partial charge on any atom is 0.337 e. The summed E-state index contributed by atoms with van der Waals surface area (Å²) in [5.74, 6) is -1.11. The SMILES string of the molecule is COC(=O)c1ccc(C2C(CCOc3ccc(F)cc3)C(=O)N2c2ccc(F)cc2)cc1. The quantitative estimate of drug-likeness (QED) is 0.389. The van der Waals surface area contributed by atoms with Crippen molar-refractivity contribution in [1.82, 2.24) is 0 Å². The molecule has 2 unspecified atom stereocenters. The van der Waals surface area contributed by atoms with Crippen molar-refractivity contribution in [3.8, 4) is 5.75 Å². The molecule has 1 amide bonds. The van der Waals surface area contributed by atoms with Crippen molar-refractivity contribution in [3.63, 3.8) is 0 Å². The smallest absolute Gasteiger partial charge is 0.337 e. The molecule has 32 heavy (non-hydrogen) atoms. The fourth-order valence-electron chi connectivity index (χ4n) is 3.87. The van der Waals surface area contributed by atoms with Crippen LogP contribution in [0.3, 0.4) is 0 Å². The number of esters is 1. The van der Waals surface area contributed by atoms with Crippen LogP contribution in [0.25, 0.3) is 0 Å². The molecular formula is C25H21F2NO4. The summed E-state index contributed by atoms with van der Waals surface area (Å²) < 4.78 is 36.9. The Morgan fingerprint density at radius 1 is 0.906 bits per heavy atom. The van der Waals surface area contributed by atoms with E-state index in [9.17, 15) is 18.4 Å². The van der Waals surface area contributed by atoms with Gasteiger partial charge in [0.25, 0.3) is 0 Å². The normalized spacial score (nSPS) is 17.6. The summed E-state index contributed by atoms with van der Waals surface area (Å²) in [4.78, 5) is 26.4. The van der Waals surface area contributed by atoms with Gasteiger partial charge in [-0.15, -0.1) is 0 Å². The molecule has 0 aliphatic carbocycles. The van der Waals surface area contributed by atoms with Crippen LogP contribution in [0.4, 0.5) is 14.5 Å². The first kappa shape index (κ1) is 21.5. The third-order valence-corrected chi connectivity index (χ3v) is 5.50. The maximum absolute atomic E-state index is 13.4. The minimum Gasteiger partial charge on any atom is -0.494 e. The molecule has 1 fully saturated rings. The van der Waals surface area contributed by atoms with E-state index in [0.717, 1.165) is 5.56 Å². The van der Waals surface area contributed by atoms with Crippen LogP contribution >= 0.6 is 0 Å². The molecule has 7 heteroatoms. The van der Waals surface area contributed by atoms with Crippen LogP contribution in [-0.2, 0) is 9.53 Å². The molecule has 3 aromatic rings. The molecular weight excluding hydrogens is 416 g/mol. The number of anilines is 1. The number of halogens is 2. The van der Waals surface area contributed by atoms with Crippen LogP contribution < -0.4 is 9.64 Å². The molecule has 5 nitrogen and oxygen atoms in total. The number of β-lactam (4-membered cyclic amide) rings is 1. The molecule has 0 saturated carbocycles. The third-order valence-electron chi connectivity index (χ3n) is 5.50. The molecule has 2 atom stereocenters. The lowest BCUT2D eigenvalue weighted by Gasteiger charge is -2.47. The largest absolute Gasteiger partial charge is 0.494 e. The average molecular weight is 437 g/mol. The standard InChI is InChI=1S/C25H21F2NO4/c1-31-25(30)17-4-2-16(3-5-17)23-22(14-15-32-21-12-8-19(27)9-13-21)24(29)28(23)20-10-6-18(26)7-11-20/h2-13,22-23H,14-15H2,1H3. The predicted molar refractivity (Wildman–Crippen MR) is 114 cm³/mol. The molecule has 4 rings (SSSR count). The lowest BCUT2D eigenvalue weighted by molar-refractivity contribution is -0.131. The van der Waals surface area contributed by atoms with E-state index in [1.54, 1.807) is 41.3 Å². The minimum atomic E-state index is -0.444. The number of carbonyl (C=O) groups is 2. The topological polar surface area (TPSA) is 55.8 Å². The van der Waals surface area contributed by atoms with Crippen molar-refractivity contribution in [2.24, 2.45) is 5.92 Å². The van der Waals surface area contributed by atoms with Gasteiger partial charge in [0.15, 0.2) is 0 Å². The Morgan fingerprint density at radius 3 is 2.09 bits per heavy atom. The second kappa shape index (κ2) is 9.18. The van der Waals surface area contributed by atoms with Crippen LogP contribution in [0.1, 0.15) is 28.4 Å². The lowest BCUT2D eigenvalue weighted by atomic mass is 9.79. The zero-order chi connectivity index (χ0) is 22.7. The minimum absolute atomic E-state index is 0.0960. The van der Waals surface area contributed by atoms with Crippen LogP contribution in [0, 0.1) is 17.6 Å². The molecule has 0 N–H and O–H groups in total. The predicted octanol–water partition coefficient (Wildman–Crippen LogP) is 4.92. The second-order valence-corrected chi connectivity index (χ2v) is 7.44. The molecule has 0 radical (unpaired) electrons. The highest BCUT2D eigenvalue weighted by atomic mass is 19.1. The summed E-state index contributed by atoms with van der Waals surface area (Å²) in [6.07, 6.45) is 0.442. The first-order chi connectivity index (χ1) is 15.5. The molecule has 0 bridgehead atoms. The van der Waals surface area contributed by atoms with E-state index < -0.39 is 5.97 Å². The number of methoxy groups -OCH3 is 1. The fourth-order valence-corrected chi connectivity index (χ4v) is 3.87. The summed E-state index contributed by atoms with van der Waals surface area (Å²) in [7, 11) is 1.31. The van der Waals surface area contributed by atoms with E-state index >= 15 is 0 Å². The molecule has 1 heterocycles. The van der Waals surface area contributed by atoms with Crippen molar-refractivity contribution in [1.29, 1.82) is 0 Å². The zero-order valence-electron chi connectivity index (χ0n) is 17.3. The molecule has 0 spiro atoms. The van der Waals surface area contributed by atoms with Gasteiger partial charge in [0.1, 0.15) is 17.4 Å². The highest BCUT2D eigenvalue weighted by Gasteiger charge is 2.48. The summed E-state index contributed by atoms with van der Waals surface area (Å²) in [6.45, 7) is 0.274. The van der Waals surface area contributed by atoms with Crippen molar-refractivity contribution in [2.75, 3.05) is 18.6 Å². The van der Waals surface area contributed by atoms with Gasteiger partial charge in [0.2, 0.25) is 5.91 Å². The second-order valence-electron chi connectivity index (χ2n) is 7.44. The summed E-state index contributed by atoms with van der Waals surface area (Å²) in [5, 5.41) is 0. The van der Waals surface area contributed by atoms with Gasteiger partial charge in [-0.2, -0.15) is 0 Å². The molecule has 1 aliphatic rings. The van der Waals surface area contributed by atoms with Crippen LogP contribution in [0.2, 0.25) is 0 Å². The third kappa shape index (κ3) is 4.32. The Bertz CT molecular complexity index is 1100. The Balaban J connectivity index is 1.54. The van der Waals surface area contributed by atoms with E-state index in [1.807, 2.05) is 0 Å². The van der Waals surface area contributed by atoms with Crippen molar-refractivity contribution in [3.05, 3.63) is 95.6 Å². The molecule has 164 valence electrons. The average Bonchev–Trinajstić information content (AvgIpc) is 2.82. The van der Waals surface area contributed by atoms with Crippen LogP contribution in [-0.4, -0.2) is 25.6 Å². The summed E-state index contributed by atoms with van der Waals surface area (Å²) >= 11 is 0. The Kier molecular flexibility index (Phi) is 6.16. The Hall–Kier alpha value is -3.74. The highest BCUT2D eigenvalue weighted by molar-refractivity contribution is 6.03. The number of ether oxygens (including phenoxy) is 2. The van der Waals surface area contributed by atoms with E-state index in [1.165, 1.54) is 43.5 Å². The van der Waals surface area contributed by atoms with E-state index in [2.05, 4.69) is 0 Å². The van der Waals surface area contributed by atoms with Gasteiger partial charge in [-0.1, -0.05) is 12.1 Å². The van der Waals surface area contributed by atoms with Gasteiger partial charge in [-0.05, 0) is 72.6 Å². The number of benzene rings is 3. The van der Waals surface area contributed by atoms with Gasteiger partial charge in [-0.25, -0.2) is 13.6 Å². The highest BCUT2D eigenvalue weighted by Crippen LogP contribution is 2.45.